The lowest BCUT2D eigenvalue weighted by Gasteiger charge is -2.05. The van der Waals surface area contributed by atoms with Crippen LogP contribution in [0, 0.1) is 27.7 Å². The number of H-pyrrole nitrogens is 1. The highest BCUT2D eigenvalue weighted by Crippen LogP contribution is 2.09. The first-order valence-electron chi connectivity index (χ1n) is 4.85. The Bertz CT molecular complexity index is 594. The van der Waals surface area contributed by atoms with E-state index in [1.807, 2.05) is 20.8 Å². The molecule has 0 atom stereocenters. The highest BCUT2D eigenvalue weighted by atomic mass is 16.1. The zero-order valence-corrected chi connectivity index (χ0v) is 9.30. The molecule has 15 heavy (non-hydrogen) atoms. The number of aromatic nitrogens is 3. The van der Waals surface area contributed by atoms with Gasteiger partial charge in [0.1, 0.15) is 0 Å². The van der Waals surface area contributed by atoms with E-state index in [9.17, 15) is 4.79 Å². The van der Waals surface area contributed by atoms with Gasteiger partial charge >= 0.3 is 0 Å². The summed E-state index contributed by atoms with van der Waals surface area (Å²) in [4.78, 5) is 23.6. The number of aromatic amines is 1. The van der Waals surface area contributed by atoms with Gasteiger partial charge in [0, 0.05) is 11.3 Å². The Hall–Kier alpha value is -1.71. The van der Waals surface area contributed by atoms with Crippen molar-refractivity contribution in [3.63, 3.8) is 0 Å². The second-order valence-electron chi connectivity index (χ2n) is 3.80. The minimum Gasteiger partial charge on any atom is -0.342 e. The van der Waals surface area contributed by atoms with E-state index in [0.29, 0.717) is 16.7 Å². The van der Waals surface area contributed by atoms with Gasteiger partial charge in [-0.05, 0) is 27.7 Å². The average molecular weight is 203 g/mol. The van der Waals surface area contributed by atoms with Crippen molar-refractivity contribution in [1.29, 1.82) is 0 Å². The molecule has 0 saturated carbocycles. The Morgan fingerprint density at radius 1 is 1.00 bits per heavy atom. The number of rotatable bonds is 0. The number of nitrogens with one attached hydrogen (secondary N) is 1. The zero-order chi connectivity index (χ0) is 11.2. The van der Waals surface area contributed by atoms with Crippen LogP contribution in [0.4, 0.5) is 0 Å². The van der Waals surface area contributed by atoms with Gasteiger partial charge in [-0.25, -0.2) is 9.97 Å². The molecule has 0 fully saturated rings. The van der Waals surface area contributed by atoms with E-state index in [2.05, 4.69) is 15.0 Å². The molecular formula is C11H13N3O. The van der Waals surface area contributed by atoms with E-state index in [1.54, 1.807) is 6.92 Å². The fourth-order valence-electron chi connectivity index (χ4n) is 1.47. The van der Waals surface area contributed by atoms with Crippen LogP contribution in [-0.2, 0) is 0 Å². The third-order valence-electron chi connectivity index (χ3n) is 2.73. The molecule has 0 aliphatic rings. The van der Waals surface area contributed by atoms with Crippen molar-refractivity contribution in [2.45, 2.75) is 27.7 Å². The van der Waals surface area contributed by atoms with Crippen LogP contribution in [0.5, 0.6) is 0 Å². The van der Waals surface area contributed by atoms with E-state index < -0.39 is 0 Å². The fourth-order valence-corrected chi connectivity index (χ4v) is 1.47. The molecule has 0 amide bonds. The molecule has 2 rings (SSSR count). The quantitative estimate of drug-likeness (QED) is 0.706. The van der Waals surface area contributed by atoms with E-state index >= 15 is 0 Å². The molecule has 2 aromatic rings. The summed E-state index contributed by atoms with van der Waals surface area (Å²) in [6.07, 6.45) is 0. The molecule has 2 aromatic heterocycles. The molecular weight excluding hydrogens is 190 g/mol. The molecule has 0 saturated heterocycles. The van der Waals surface area contributed by atoms with Crippen LogP contribution in [0.15, 0.2) is 4.79 Å². The van der Waals surface area contributed by atoms with Crippen molar-refractivity contribution >= 4 is 11.2 Å². The van der Waals surface area contributed by atoms with Crippen LogP contribution in [-0.4, -0.2) is 15.0 Å². The zero-order valence-electron chi connectivity index (χ0n) is 9.30. The van der Waals surface area contributed by atoms with Gasteiger partial charge in [-0.2, -0.15) is 0 Å². The summed E-state index contributed by atoms with van der Waals surface area (Å²) < 4.78 is 0. The maximum atomic E-state index is 11.9. The Morgan fingerprint density at radius 2 is 1.60 bits per heavy atom. The first-order valence-corrected chi connectivity index (χ1v) is 4.85. The molecule has 0 aliphatic heterocycles. The fraction of sp³-hybridized carbons (Fsp3) is 0.364. The largest absolute Gasteiger partial charge is 0.342 e. The third kappa shape index (κ3) is 1.42. The number of nitrogens with zero attached hydrogens (tertiary/aromatic N) is 2. The molecule has 4 nitrogen and oxygen atoms in total. The predicted molar refractivity (Wildman–Crippen MR) is 59.1 cm³/mol. The van der Waals surface area contributed by atoms with Crippen molar-refractivity contribution < 1.29 is 0 Å². The molecule has 0 aromatic carbocycles. The van der Waals surface area contributed by atoms with Gasteiger partial charge in [0.15, 0.2) is 11.2 Å². The predicted octanol–water partition coefficient (Wildman–Crippen LogP) is 1.55. The first-order chi connectivity index (χ1) is 7.00. The van der Waals surface area contributed by atoms with Gasteiger partial charge < -0.3 is 4.98 Å². The molecule has 2 heterocycles. The second-order valence-corrected chi connectivity index (χ2v) is 3.80. The molecule has 0 bridgehead atoms. The lowest BCUT2D eigenvalue weighted by Crippen LogP contribution is -2.13. The van der Waals surface area contributed by atoms with Gasteiger partial charge in [-0.1, -0.05) is 0 Å². The Kier molecular flexibility index (Phi) is 2.07. The number of pyridine rings is 1. The summed E-state index contributed by atoms with van der Waals surface area (Å²) in [5.41, 5.74) is 4.19. The maximum Gasteiger partial charge on any atom is 0.212 e. The lowest BCUT2D eigenvalue weighted by molar-refractivity contribution is 1.05. The van der Waals surface area contributed by atoms with Crippen LogP contribution in [0.3, 0.4) is 0 Å². The Morgan fingerprint density at radius 3 is 2.27 bits per heavy atom. The van der Waals surface area contributed by atoms with E-state index in [1.165, 1.54) is 0 Å². The van der Waals surface area contributed by atoms with E-state index in [4.69, 9.17) is 0 Å². The first kappa shape index (κ1) is 9.83. The van der Waals surface area contributed by atoms with Crippen LogP contribution < -0.4 is 5.43 Å². The average Bonchev–Trinajstić information content (AvgIpc) is 2.19. The van der Waals surface area contributed by atoms with Crippen molar-refractivity contribution in [2.75, 3.05) is 0 Å². The van der Waals surface area contributed by atoms with Crippen molar-refractivity contribution in [1.82, 2.24) is 15.0 Å². The SMILES string of the molecule is Cc1nc2[nH]c(C)c(C)c(=O)c2nc1C. The molecule has 0 spiro atoms. The monoisotopic (exact) mass is 203 g/mol. The minimum atomic E-state index is -0.0307. The van der Waals surface area contributed by atoms with Gasteiger partial charge in [-0.15, -0.1) is 0 Å². The summed E-state index contributed by atoms with van der Waals surface area (Å²) >= 11 is 0. The van der Waals surface area contributed by atoms with Gasteiger partial charge in [0.25, 0.3) is 0 Å². The number of aryl methyl sites for hydroxylation is 3. The number of hydrogen-bond donors (Lipinski definition) is 1. The highest BCUT2D eigenvalue weighted by molar-refractivity contribution is 5.71. The maximum absolute atomic E-state index is 11.9. The van der Waals surface area contributed by atoms with Gasteiger partial charge in [0.2, 0.25) is 5.43 Å². The van der Waals surface area contributed by atoms with Crippen LogP contribution in [0.2, 0.25) is 0 Å². The molecule has 0 unspecified atom stereocenters. The summed E-state index contributed by atoms with van der Waals surface area (Å²) in [7, 11) is 0. The van der Waals surface area contributed by atoms with Gasteiger partial charge in [-0.3, -0.25) is 4.79 Å². The summed E-state index contributed by atoms with van der Waals surface area (Å²) in [6.45, 7) is 7.41. The topological polar surface area (TPSA) is 58.6 Å². The minimum absolute atomic E-state index is 0.0307. The number of fused-ring (bicyclic) bond motifs is 1. The second kappa shape index (κ2) is 3.15. The normalized spacial score (nSPS) is 10.9. The standard InChI is InChI=1S/C11H13N3O/c1-5-6(2)13-11-9(10(5)15)12-7(3)8(4)14-11/h1-4H3,(H,13,14,15). The smallest absolute Gasteiger partial charge is 0.212 e. The van der Waals surface area contributed by atoms with E-state index in [0.717, 1.165) is 17.1 Å². The van der Waals surface area contributed by atoms with Crippen molar-refractivity contribution in [3.05, 3.63) is 32.9 Å². The molecule has 0 aliphatic carbocycles. The molecule has 78 valence electrons. The van der Waals surface area contributed by atoms with Crippen LogP contribution >= 0.6 is 0 Å². The van der Waals surface area contributed by atoms with Crippen LogP contribution in [0.1, 0.15) is 22.6 Å². The number of hydrogen-bond acceptors (Lipinski definition) is 3. The lowest BCUT2D eigenvalue weighted by atomic mass is 10.2. The highest BCUT2D eigenvalue weighted by Gasteiger charge is 2.09. The van der Waals surface area contributed by atoms with Crippen molar-refractivity contribution in [3.8, 4) is 0 Å². The summed E-state index contributed by atoms with van der Waals surface area (Å²) in [5.74, 6) is 0. The molecule has 4 heteroatoms. The van der Waals surface area contributed by atoms with Crippen molar-refractivity contribution in [2.24, 2.45) is 0 Å². The Balaban J connectivity index is 3.00. The Labute approximate surface area is 87.4 Å². The summed E-state index contributed by atoms with van der Waals surface area (Å²) in [6, 6.07) is 0. The van der Waals surface area contributed by atoms with E-state index in [-0.39, 0.29) is 5.43 Å². The molecule has 0 radical (unpaired) electrons. The third-order valence-corrected chi connectivity index (χ3v) is 2.73. The van der Waals surface area contributed by atoms with Crippen LogP contribution in [0.25, 0.3) is 11.2 Å². The van der Waals surface area contributed by atoms with Gasteiger partial charge in [0.05, 0.1) is 11.4 Å². The summed E-state index contributed by atoms with van der Waals surface area (Å²) in [5, 5.41) is 0. The molecule has 1 N–H and O–H groups in total.